The minimum Gasteiger partial charge on any atom is -0.453 e. The molecule has 5 aromatic rings. The molecule has 5 atom stereocenters. The summed E-state index contributed by atoms with van der Waals surface area (Å²) in [5.41, 5.74) is 5.68. The summed E-state index contributed by atoms with van der Waals surface area (Å²) in [6.45, 7) is 10.1. The number of ether oxygens (including phenoxy) is 3. The van der Waals surface area contributed by atoms with E-state index in [0.29, 0.717) is 32.0 Å². The number of carbonyl (C=O) groups excluding carboxylic acids is 4. The maximum atomic E-state index is 14.2. The van der Waals surface area contributed by atoms with Crippen molar-refractivity contribution in [3.05, 3.63) is 72.4 Å². The molecule has 0 spiro atoms. The Kier molecular flexibility index (Phi) is 13.0. The molecule has 0 radical (unpaired) electrons. The first-order chi connectivity index (χ1) is 30.4. The number of nitrogens with one attached hydrogen (secondary N) is 4. The summed E-state index contributed by atoms with van der Waals surface area (Å²) in [4.78, 5) is 72.7. The van der Waals surface area contributed by atoms with Crippen LogP contribution in [0.4, 0.5) is 9.59 Å². The van der Waals surface area contributed by atoms with Gasteiger partial charge in [0.05, 0.1) is 55.8 Å². The number of hydrogen-bond acceptors (Lipinski definition) is 9. The average molecular weight is 861 g/mol. The molecule has 2 saturated heterocycles. The highest BCUT2D eigenvalue weighted by Crippen LogP contribution is 2.39. The number of carbonyl (C=O) groups is 4. The van der Waals surface area contributed by atoms with E-state index in [1.807, 2.05) is 49.8 Å². The molecule has 0 bridgehead atoms. The van der Waals surface area contributed by atoms with Crippen molar-refractivity contribution in [3.8, 4) is 22.4 Å². The zero-order valence-corrected chi connectivity index (χ0v) is 37.1. The van der Waals surface area contributed by atoms with E-state index in [-0.39, 0.29) is 41.7 Å². The van der Waals surface area contributed by atoms with Gasteiger partial charge in [0.2, 0.25) is 11.8 Å². The molecule has 4 heterocycles. The Morgan fingerprint density at radius 3 is 2.03 bits per heavy atom. The van der Waals surface area contributed by atoms with E-state index in [4.69, 9.17) is 24.2 Å². The zero-order valence-electron chi connectivity index (χ0n) is 37.1. The largest absolute Gasteiger partial charge is 0.453 e. The second-order valence-electron chi connectivity index (χ2n) is 18.1. The fraction of sp³-hybridized carbons (Fsp3) is 0.500. The molecule has 3 aliphatic rings. The molecule has 334 valence electrons. The van der Waals surface area contributed by atoms with Crippen molar-refractivity contribution in [2.45, 2.75) is 90.4 Å². The van der Waals surface area contributed by atoms with Gasteiger partial charge in [-0.15, -0.1) is 0 Å². The number of methoxy groups -OCH3 is 2. The van der Waals surface area contributed by atoms with Gasteiger partial charge in [-0.25, -0.2) is 19.6 Å². The van der Waals surface area contributed by atoms with Crippen LogP contribution < -0.4 is 10.6 Å². The van der Waals surface area contributed by atoms with Gasteiger partial charge in [-0.1, -0.05) is 76.6 Å². The minimum absolute atomic E-state index is 0.111. The number of imidazole rings is 2. The predicted octanol–water partition coefficient (Wildman–Crippen LogP) is 7.90. The Balaban J connectivity index is 0.993. The van der Waals surface area contributed by atoms with Gasteiger partial charge < -0.3 is 44.6 Å². The van der Waals surface area contributed by atoms with Gasteiger partial charge in [-0.2, -0.15) is 0 Å². The first kappa shape index (κ1) is 43.7. The van der Waals surface area contributed by atoms with Gasteiger partial charge in [0.1, 0.15) is 23.7 Å². The SMILES string of the molecule is COC(=O)N[C@H](C(=O)N1CCC[C@H]1c1ncc(-c2ccc(-c3ccc4c(ccc5nc([C@@H]6C[C@H](COCC7CCC7)CN6C(=O)[C@@H](NC(=O)OC)C(C)C)[nH]c54)c3)cc2)[nH]1)C(C)C. The van der Waals surface area contributed by atoms with Gasteiger partial charge in [0.25, 0.3) is 0 Å². The number of amides is 4. The Hall–Kier alpha value is -5.96. The highest BCUT2D eigenvalue weighted by atomic mass is 16.5. The Bertz CT molecular complexity index is 2440. The van der Waals surface area contributed by atoms with Gasteiger partial charge >= 0.3 is 12.2 Å². The van der Waals surface area contributed by atoms with Gasteiger partial charge in [0.15, 0.2) is 0 Å². The molecule has 3 aromatic carbocycles. The number of hydrogen-bond donors (Lipinski definition) is 4. The number of H-pyrrole nitrogens is 2. The molecule has 15 heteroatoms. The van der Waals surface area contributed by atoms with Crippen molar-refractivity contribution in [2.24, 2.45) is 23.7 Å². The van der Waals surface area contributed by atoms with Crippen LogP contribution in [0.15, 0.2) is 60.8 Å². The first-order valence-corrected chi connectivity index (χ1v) is 22.4. The summed E-state index contributed by atoms with van der Waals surface area (Å²) < 4.78 is 15.8. The third kappa shape index (κ3) is 9.25. The number of fused-ring (bicyclic) bond motifs is 3. The molecule has 8 rings (SSSR count). The molecule has 1 saturated carbocycles. The van der Waals surface area contributed by atoms with Crippen LogP contribution in [-0.2, 0) is 23.8 Å². The van der Waals surface area contributed by atoms with Crippen LogP contribution >= 0.6 is 0 Å². The molecule has 1 aliphatic carbocycles. The number of aromatic amines is 2. The molecule has 4 N–H and O–H groups in total. The van der Waals surface area contributed by atoms with Crippen LogP contribution in [0.2, 0.25) is 0 Å². The number of alkyl carbamates (subject to hydrolysis) is 2. The summed E-state index contributed by atoms with van der Waals surface area (Å²) in [6, 6.07) is 16.9. The molecule has 3 fully saturated rings. The highest BCUT2D eigenvalue weighted by molar-refractivity contribution is 6.05. The van der Waals surface area contributed by atoms with E-state index in [1.165, 1.54) is 33.5 Å². The molecule has 2 aromatic heterocycles. The maximum Gasteiger partial charge on any atom is 0.407 e. The third-order valence-corrected chi connectivity index (χ3v) is 13.2. The lowest BCUT2D eigenvalue weighted by molar-refractivity contribution is -0.136. The lowest BCUT2D eigenvalue weighted by Gasteiger charge is -2.30. The Morgan fingerprint density at radius 1 is 0.730 bits per heavy atom. The number of likely N-dealkylation sites (tertiary alicyclic amines) is 2. The molecule has 63 heavy (non-hydrogen) atoms. The number of nitrogens with zero attached hydrogens (tertiary/aromatic N) is 4. The van der Waals surface area contributed by atoms with Gasteiger partial charge in [0, 0.05) is 31.0 Å². The summed E-state index contributed by atoms with van der Waals surface area (Å²) in [5.74, 6) is 1.64. The summed E-state index contributed by atoms with van der Waals surface area (Å²) in [6.07, 6.45) is 6.57. The van der Waals surface area contributed by atoms with E-state index in [0.717, 1.165) is 75.3 Å². The van der Waals surface area contributed by atoms with Crippen molar-refractivity contribution < 1.29 is 33.4 Å². The van der Waals surface area contributed by atoms with Gasteiger partial charge in [-0.3, -0.25) is 9.59 Å². The van der Waals surface area contributed by atoms with Crippen LogP contribution in [-0.4, -0.2) is 106 Å². The van der Waals surface area contributed by atoms with E-state index in [1.54, 1.807) is 0 Å². The average Bonchev–Trinajstić information content (AvgIpc) is 4.11. The highest BCUT2D eigenvalue weighted by Gasteiger charge is 2.42. The smallest absolute Gasteiger partial charge is 0.407 e. The monoisotopic (exact) mass is 860 g/mol. The fourth-order valence-electron chi connectivity index (χ4n) is 9.34. The topological polar surface area (TPSA) is 184 Å². The van der Waals surface area contributed by atoms with E-state index >= 15 is 0 Å². The van der Waals surface area contributed by atoms with Crippen molar-refractivity contribution in [2.75, 3.05) is 40.5 Å². The van der Waals surface area contributed by atoms with Crippen molar-refractivity contribution in [3.63, 3.8) is 0 Å². The predicted molar refractivity (Wildman–Crippen MR) is 239 cm³/mol. The molecule has 4 amide bonds. The van der Waals surface area contributed by atoms with E-state index < -0.39 is 24.3 Å². The summed E-state index contributed by atoms with van der Waals surface area (Å²) in [7, 11) is 2.59. The molecule has 0 unspecified atom stereocenters. The lowest BCUT2D eigenvalue weighted by Crippen LogP contribution is -2.51. The fourth-order valence-corrected chi connectivity index (χ4v) is 9.34. The van der Waals surface area contributed by atoms with Crippen molar-refractivity contribution in [1.29, 1.82) is 0 Å². The molecule has 15 nitrogen and oxygen atoms in total. The van der Waals surface area contributed by atoms with Crippen molar-refractivity contribution >= 4 is 45.8 Å². The lowest BCUT2D eigenvalue weighted by atomic mass is 9.86. The van der Waals surface area contributed by atoms with Crippen LogP contribution in [0.3, 0.4) is 0 Å². The van der Waals surface area contributed by atoms with Crippen LogP contribution in [0.25, 0.3) is 44.2 Å². The van der Waals surface area contributed by atoms with Crippen molar-refractivity contribution in [1.82, 2.24) is 40.4 Å². The molecule has 2 aliphatic heterocycles. The molecular weight excluding hydrogens is 801 g/mol. The summed E-state index contributed by atoms with van der Waals surface area (Å²) >= 11 is 0. The van der Waals surface area contributed by atoms with Gasteiger partial charge in [-0.05, 0) is 84.1 Å². The minimum atomic E-state index is -0.744. The summed E-state index contributed by atoms with van der Waals surface area (Å²) in [5, 5.41) is 7.56. The van der Waals surface area contributed by atoms with E-state index in [2.05, 4.69) is 69.1 Å². The van der Waals surface area contributed by atoms with Crippen LogP contribution in [0.1, 0.15) is 90.0 Å². The quantitative estimate of drug-likeness (QED) is 0.0862. The standard InChI is InChI=1S/C48H60N8O7/c1-27(2)40(53-47(59)61-5)45(57)55-20-8-11-38(55)43-49-23-37(51-43)32-14-12-31(13-15-32)33-16-18-35-34(22-33)17-19-36-42(35)52-44(50-36)39-21-30(26-63-25-29-9-7-10-29)24-56(39)46(58)41(28(3)4)54-48(60)62-6/h12-19,22-23,27-30,38-41H,7-11,20-21,24-26H2,1-6H3,(H,49,51)(H,50,52)(H,53,59)(H,54,60)/t30-,38-,39-,40-,41-/m0/s1. The van der Waals surface area contributed by atoms with Crippen LogP contribution in [0.5, 0.6) is 0 Å². The Morgan fingerprint density at radius 2 is 1.38 bits per heavy atom. The normalized spacial score (nSPS) is 20.0. The van der Waals surface area contributed by atoms with Crippen LogP contribution in [0, 0.1) is 23.7 Å². The number of rotatable bonds is 14. The first-order valence-electron chi connectivity index (χ1n) is 22.4. The Labute approximate surface area is 368 Å². The second kappa shape index (κ2) is 18.8. The number of benzene rings is 3. The second-order valence-corrected chi connectivity index (χ2v) is 18.1. The molecular formula is C48H60N8O7. The number of aromatic nitrogens is 4. The zero-order chi connectivity index (χ0) is 44.4. The third-order valence-electron chi connectivity index (χ3n) is 13.2. The maximum absolute atomic E-state index is 14.2. The van der Waals surface area contributed by atoms with E-state index in [9.17, 15) is 19.2 Å².